The molecule has 1 saturated heterocycles. The van der Waals surface area contributed by atoms with Gasteiger partial charge in [-0.05, 0) is 30.3 Å². The highest BCUT2D eigenvalue weighted by atomic mass is 32.1. The number of piperazine rings is 1. The van der Waals surface area contributed by atoms with Crippen molar-refractivity contribution < 1.29 is 13.9 Å². The zero-order chi connectivity index (χ0) is 18.6. The highest BCUT2D eigenvalue weighted by Gasteiger charge is 2.23. The second kappa shape index (κ2) is 7.94. The van der Waals surface area contributed by atoms with Gasteiger partial charge in [-0.25, -0.2) is 4.98 Å². The Labute approximate surface area is 162 Å². The predicted octanol–water partition coefficient (Wildman–Crippen LogP) is 3.37. The van der Waals surface area contributed by atoms with Crippen molar-refractivity contribution in [3.63, 3.8) is 0 Å². The monoisotopic (exact) mass is 383 g/mol. The van der Waals surface area contributed by atoms with Crippen LogP contribution in [0.3, 0.4) is 0 Å². The summed E-state index contributed by atoms with van der Waals surface area (Å²) >= 11 is 1.65. The van der Waals surface area contributed by atoms with E-state index in [0.717, 1.165) is 54.7 Å². The summed E-state index contributed by atoms with van der Waals surface area (Å²) in [6.45, 7) is 3.94. The molecule has 1 fully saturated rings. The molecule has 1 amide bonds. The van der Waals surface area contributed by atoms with Gasteiger partial charge in [-0.3, -0.25) is 9.69 Å². The zero-order valence-corrected chi connectivity index (χ0v) is 15.9. The summed E-state index contributed by atoms with van der Waals surface area (Å²) in [5.41, 5.74) is 2.79. The van der Waals surface area contributed by atoms with E-state index < -0.39 is 0 Å². The van der Waals surface area contributed by atoms with Gasteiger partial charge >= 0.3 is 0 Å². The van der Waals surface area contributed by atoms with Crippen molar-refractivity contribution >= 4 is 17.2 Å². The molecule has 0 radical (unpaired) electrons. The van der Waals surface area contributed by atoms with Crippen molar-refractivity contribution in [1.29, 1.82) is 0 Å². The van der Waals surface area contributed by atoms with Crippen molar-refractivity contribution in [1.82, 2.24) is 14.8 Å². The molecule has 0 spiro atoms. The molecule has 1 aliphatic heterocycles. The summed E-state index contributed by atoms with van der Waals surface area (Å²) in [7, 11) is 1.67. The summed E-state index contributed by atoms with van der Waals surface area (Å²) in [4.78, 5) is 21.3. The lowest BCUT2D eigenvalue weighted by Crippen LogP contribution is -2.48. The van der Waals surface area contributed by atoms with E-state index in [-0.39, 0.29) is 5.91 Å². The van der Waals surface area contributed by atoms with E-state index in [1.807, 2.05) is 29.2 Å². The van der Waals surface area contributed by atoms with Gasteiger partial charge in [0.25, 0.3) is 5.91 Å². The van der Waals surface area contributed by atoms with Gasteiger partial charge < -0.3 is 14.1 Å². The fourth-order valence-corrected chi connectivity index (χ4v) is 3.97. The second-order valence-electron chi connectivity index (χ2n) is 6.45. The quantitative estimate of drug-likeness (QED) is 0.676. The molecule has 0 atom stereocenters. The van der Waals surface area contributed by atoms with Crippen LogP contribution in [0.5, 0.6) is 5.75 Å². The SMILES string of the molecule is COc1ccc(-c2nc(CN3CCN(C(=O)c4ccoc4)CC3)cs2)cc1. The Morgan fingerprint density at radius 2 is 1.96 bits per heavy atom. The Morgan fingerprint density at radius 1 is 1.19 bits per heavy atom. The lowest BCUT2D eigenvalue weighted by atomic mass is 10.2. The molecule has 4 rings (SSSR count). The fourth-order valence-electron chi connectivity index (χ4n) is 3.15. The number of carbonyl (C=O) groups excluding carboxylic acids is 1. The molecule has 6 nitrogen and oxygen atoms in total. The average molecular weight is 383 g/mol. The summed E-state index contributed by atoms with van der Waals surface area (Å²) in [6, 6.07) is 9.67. The van der Waals surface area contributed by atoms with Crippen LogP contribution in [-0.2, 0) is 6.54 Å². The van der Waals surface area contributed by atoms with Gasteiger partial charge in [0.15, 0.2) is 0 Å². The van der Waals surface area contributed by atoms with Crippen LogP contribution < -0.4 is 4.74 Å². The first kappa shape index (κ1) is 17.8. The Hall–Kier alpha value is -2.64. The summed E-state index contributed by atoms with van der Waals surface area (Å²) < 4.78 is 10.2. The molecule has 0 saturated carbocycles. The molecule has 0 aliphatic carbocycles. The third kappa shape index (κ3) is 4.04. The van der Waals surface area contributed by atoms with E-state index >= 15 is 0 Å². The smallest absolute Gasteiger partial charge is 0.257 e. The Morgan fingerprint density at radius 3 is 2.63 bits per heavy atom. The van der Waals surface area contributed by atoms with Crippen molar-refractivity contribution in [3.8, 4) is 16.3 Å². The van der Waals surface area contributed by atoms with Crippen molar-refractivity contribution in [2.24, 2.45) is 0 Å². The number of hydrogen-bond donors (Lipinski definition) is 0. The van der Waals surface area contributed by atoms with Crippen molar-refractivity contribution in [2.45, 2.75) is 6.54 Å². The third-order valence-electron chi connectivity index (χ3n) is 4.70. The molecule has 140 valence electrons. The molecule has 0 bridgehead atoms. The number of thiazole rings is 1. The van der Waals surface area contributed by atoms with E-state index in [2.05, 4.69) is 10.3 Å². The summed E-state index contributed by atoms with van der Waals surface area (Å²) in [5.74, 6) is 0.886. The number of nitrogens with zero attached hydrogens (tertiary/aromatic N) is 3. The van der Waals surface area contributed by atoms with E-state index in [1.54, 1.807) is 24.5 Å². The van der Waals surface area contributed by atoms with Gasteiger partial charge in [-0.15, -0.1) is 11.3 Å². The number of rotatable bonds is 5. The van der Waals surface area contributed by atoms with Gasteiger partial charge in [0, 0.05) is 43.7 Å². The van der Waals surface area contributed by atoms with E-state index in [4.69, 9.17) is 14.1 Å². The first-order valence-corrected chi connectivity index (χ1v) is 9.73. The maximum atomic E-state index is 12.4. The highest BCUT2D eigenvalue weighted by molar-refractivity contribution is 7.13. The fraction of sp³-hybridized carbons (Fsp3) is 0.300. The Bertz CT molecular complexity index is 882. The molecule has 3 heterocycles. The number of aromatic nitrogens is 1. The molecule has 27 heavy (non-hydrogen) atoms. The predicted molar refractivity (Wildman–Crippen MR) is 104 cm³/mol. The van der Waals surface area contributed by atoms with Crippen LogP contribution in [0.1, 0.15) is 16.1 Å². The van der Waals surface area contributed by atoms with Crippen LogP contribution in [0.2, 0.25) is 0 Å². The molecule has 0 unspecified atom stereocenters. The minimum Gasteiger partial charge on any atom is -0.497 e. The second-order valence-corrected chi connectivity index (χ2v) is 7.31. The van der Waals surface area contributed by atoms with Gasteiger partial charge in [0.2, 0.25) is 0 Å². The highest BCUT2D eigenvalue weighted by Crippen LogP contribution is 2.26. The molecular weight excluding hydrogens is 362 g/mol. The average Bonchev–Trinajstić information content (AvgIpc) is 3.40. The minimum absolute atomic E-state index is 0.0406. The molecular formula is C20H21N3O3S. The largest absolute Gasteiger partial charge is 0.497 e. The first-order chi connectivity index (χ1) is 13.2. The van der Waals surface area contributed by atoms with Gasteiger partial charge in [-0.2, -0.15) is 0 Å². The topological polar surface area (TPSA) is 58.8 Å². The molecule has 0 N–H and O–H groups in total. The molecule has 2 aromatic heterocycles. The van der Waals surface area contributed by atoms with Crippen LogP contribution in [0.25, 0.3) is 10.6 Å². The van der Waals surface area contributed by atoms with E-state index in [1.165, 1.54) is 12.5 Å². The molecule has 7 heteroatoms. The van der Waals surface area contributed by atoms with Crippen molar-refractivity contribution in [2.75, 3.05) is 33.3 Å². The lowest BCUT2D eigenvalue weighted by molar-refractivity contribution is 0.0626. The molecule has 1 aromatic carbocycles. The number of benzene rings is 1. The number of amides is 1. The summed E-state index contributed by atoms with van der Waals surface area (Å²) in [6.07, 6.45) is 3.04. The normalized spacial score (nSPS) is 15.1. The Kier molecular flexibility index (Phi) is 5.22. The van der Waals surface area contributed by atoms with Crippen LogP contribution in [0.15, 0.2) is 52.7 Å². The first-order valence-electron chi connectivity index (χ1n) is 8.85. The number of furan rings is 1. The number of methoxy groups -OCH3 is 1. The van der Waals surface area contributed by atoms with Gasteiger partial charge in [0.1, 0.15) is 17.0 Å². The van der Waals surface area contributed by atoms with E-state index in [0.29, 0.717) is 5.56 Å². The molecule has 3 aromatic rings. The number of ether oxygens (including phenoxy) is 1. The number of hydrogen-bond acceptors (Lipinski definition) is 6. The van der Waals surface area contributed by atoms with Crippen LogP contribution in [0.4, 0.5) is 0 Å². The Balaban J connectivity index is 1.33. The van der Waals surface area contributed by atoms with Crippen LogP contribution >= 0.6 is 11.3 Å². The zero-order valence-electron chi connectivity index (χ0n) is 15.1. The molecule has 1 aliphatic rings. The number of carbonyl (C=O) groups is 1. The van der Waals surface area contributed by atoms with Gasteiger partial charge in [0.05, 0.1) is 24.6 Å². The third-order valence-corrected chi connectivity index (χ3v) is 5.64. The van der Waals surface area contributed by atoms with Crippen LogP contribution in [0, 0.1) is 0 Å². The van der Waals surface area contributed by atoms with E-state index in [9.17, 15) is 4.79 Å². The standard InChI is InChI=1S/C20H21N3O3S/c1-25-18-4-2-15(3-5-18)19-21-17(14-27-19)12-22-7-9-23(10-8-22)20(24)16-6-11-26-13-16/h2-6,11,13-14H,7-10,12H2,1H3. The van der Waals surface area contributed by atoms with Gasteiger partial charge in [-0.1, -0.05) is 0 Å². The van der Waals surface area contributed by atoms with Crippen LogP contribution in [-0.4, -0.2) is 54.0 Å². The van der Waals surface area contributed by atoms with Crippen molar-refractivity contribution in [3.05, 3.63) is 59.5 Å². The maximum absolute atomic E-state index is 12.4. The minimum atomic E-state index is 0.0406. The maximum Gasteiger partial charge on any atom is 0.257 e. The lowest BCUT2D eigenvalue weighted by Gasteiger charge is -2.34. The summed E-state index contributed by atoms with van der Waals surface area (Å²) in [5, 5.41) is 3.13.